The molecule has 0 aliphatic carbocycles. The first-order valence-electron chi connectivity index (χ1n) is 6.94. The van der Waals surface area contributed by atoms with E-state index in [0.29, 0.717) is 11.6 Å². The second-order valence-electron chi connectivity index (χ2n) is 4.81. The van der Waals surface area contributed by atoms with Crippen molar-refractivity contribution in [3.63, 3.8) is 0 Å². The summed E-state index contributed by atoms with van der Waals surface area (Å²) in [6.45, 7) is 5.14. The zero-order valence-electron chi connectivity index (χ0n) is 12.1. The summed E-state index contributed by atoms with van der Waals surface area (Å²) in [7, 11) is 1.37. The number of carbonyl (C=O) groups excluding carboxylic acids is 1. The summed E-state index contributed by atoms with van der Waals surface area (Å²) in [4.78, 5) is 15.5. The molecule has 1 heterocycles. The van der Waals surface area contributed by atoms with E-state index in [4.69, 9.17) is 0 Å². The van der Waals surface area contributed by atoms with Crippen LogP contribution in [0.1, 0.15) is 55.6 Å². The number of nitrogens with zero attached hydrogens (tertiary/aromatic N) is 1. The number of carbonyl (C=O) groups is 1. The van der Waals surface area contributed by atoms with Gasteiger partial charge in [0.2, 0.25) is 0 Å². The second-order valence-corrected chi connectivity index (χ2v) is 4.81. The Bertz CT molecular complexity index is 376. The smallest absolute Gasteiger partial charge is 0.339 e. The second kappa shape index (κ2) is 8.64. The molecule has 0 aromatic carbocycles. The Morgan fingerprint density at radius 1 is 1.42 bits per heavy atom. The SMILES string of the molecule is CCCCCC(C)NCc1ccc(C(=O)OC)cn1. The summed E-state index contributed by atoms with van der Waals surface area (Å²) < 4.78 is 4.63. The molecule has 0 saturated heterocycles. The van der Waals surface area contributed by atoms with Crippen molar-refractivity contribution in [3.05, 3.63) is 29.6 Å². The van der Waals surface area contributed by atoms with Gasteiger partial charge in [-0.1, -0.05) is 26.2 Å². The van der Waals surface area contributed by atoms with Crippen LogP contribution in [-0.2, 0) is 11.3 Å². The predicted octanol–water partition coefficient (Wildman–Crippen LogP) is 2.93. The zero-order valence-corrected chi connectivity index (χ0v) is 12.1. The van der Waals surface area contributed by atoms with Crippen LogP contribution in [0.25, 0.3) is 0 Å². The topological polar surface area (TPSA) is 51.2 Å². The van der Waals surface area contributed by atoms with Gasteiger partial charge in [-0.15, -0.1) is 0 Å². The number of rotatable bonds is 8. The lowest BCUT2D eigenvalue weighted by molar-refractivity contribution is 0.0600. The van der Waals surface area contributed by atoms with E-state index in [1.165, 1.54) is 32.8 Å². The van der Waals surface area contributed by atoms with E-state index < -0.39 is 0 Å². The van der Waals surface area contributed by atoms with E-state index in [-0.39, 0.29) is 5.97 Å². The van der Waals surface area contributed by atoms with Crippen molar-refractivity contribution in [2.75, 3.05) is 7.11 Å². The number of ether oxygens (including phenoxy) is 1. The normalized spacial score (nSPS) is 12.2. The summed E-state index contributed by atoms with van der Waals surface area (Å²) in [6.07, 6.45) is 6.55. The molecule has 0 saturated carbocycles. The maximum absolute atomic E-state index is 11.3. The quantitative estimate of drug-likeness (QED) is 0.579. The summed E-state index contributed by atoms with van der Waals surface area (Å²) >= 11 is 0. The molecule has 0 amide bonds. The van der Waals surface area contributed by atoms with Crippen LogP contribution in [0.4, 0.5) is 0 Å². The van der Waals surface area contributed by atoms with E-state index in [1.54, 1.807) is 12.3 Å². The Balaban J connectivity index is 2.35. The van der Waals surface area contributed by atoms with Crippen LogP contribution in [0.15, 0.2) is 18.3 Å². The summed E-state index contributed by atoms with van der Waals surface area (Å²) in [5.74, 6) is -0.347. The third-order valence-electron chi connectivity index (χ3n) is 3.12. The molecule has 4 heteroatoms. The minimum atomic E-state index is -0.347. The largest absolute Gasteiger partial charge is 0.465 e. The number of nitrogens with one attached hydrogen (secondary N) is 1. The average Bonchev–Trinajstić information content (AvgIpc) is 2.45. The minimum absolute atomic E-state index is 0.347. The Morgan fingerprint density at radius 3 is 2.79 bits per heavy atom. The third kappa shape index (κ3) is 5.83. The highest BCUT2D eigenvalue weighted by Crippen LogP contribution is 2.05. The summed E-state index contributed by atoms with van der Waals surface area (Å²) in [6, 6.07) is 4.10. The maximum Gasteiger partial charge on any atom is 0.339 e. The number of esters is 1. The molecule has 1 aromatic heterocycles. The van der Waals surface area contributed by atoms with Crippen LogP contribution in [0.2, 0.25) is 0 Å². The highest BCUT2D eigenvalue weighted by atomic mass is 16.5. The Morgan fingerprint density at radius 2 is 2.21 bits per heavy atom. The summed E-state index contributed by atoms with van der Waals surface area (Å²) in [5.41, 5.74) is 1.43. The fourth-order valence-electron chi connectivity index (χ4n) is 1.85. The van der Waals surface area contributed by atoms with Crippen molar-refractivity contribution in [3.8, 4) is 0 Å². The van der Waals surface area contributed by atoms with Crippen molar-refractivity contribution in [1.82, 2.24) is 10.3 Å². The van der Waals surface area contributed by atoms with Crippen LogP contribution in [0.3, 0.4) is 0 Å². The van der Waals surface area contributed by atoms with Gasteiger partial charge in [-0.3, -0.25) is 4.98 Å². The molecule has 0 spiro atoms. The highest BCUT2D eigenvalue weighted by molar-refractivity contribution is 5.88. The van der Waals surface area contributed by atoms with Crippen LogP contribution in [0, 0.1) is 0 Å². The van der Waals surface area contributed by atoms with Gasteiger partial charge < -0.3 is 10.1 Å². The van der Waals surface area contributed by atoms with E-state index in [1.807, 2.05) is 6.07 Å². The molecule has 0 aliphatic rings. The van der Waals surface area contributed by atoms with E-state index >= 15 is 0 Å². The maximum atomic E-state index is 11.3. The molecule has 19 heavy (non-hydrogen) atoms. The van der Waals surface area contributed by atoms with Crippen molar-refractivity contribution >= 4 is 5.97 Å². The molecule has 1 unspecified atom stereocenters. The highest BCUT2D eigenvalue weighted by Gasteiger charge is 2.06. The van der Waals surface area contributed by atoms with Gasteiger partial charge in [0.05, 0.1) is 18.4 Å². The van der Waals surface area contributed by atoms with Gasteiger partial charge in [0, 0.05) is 18.8 Å². The molecule has 4 nitrogen and oxygen atoms in total. The molecule has 1 atom stereocenters. The van der Waals surface area contributed by atoms with E-state index in [0.717, 1.165) is 12.2 Å². The fourth-order valence-corrected chi connectivity index (χ4v) is 1.85. The monoisotopic (exact) mass is 264 g/mol. The van der Waals surface area contributed by atoms with Gasteiger partial charge in [-0.2, -0.15) is 0 Å². The first-order valence-corrected chi connectivity index (χ1v) is 6.94. The Hall–Kier alpha value is -1.42. The lowest BCUT2D eigenvalue weighted by Gasteiger charge is -2.13. The lowest BCUT2D eigenvalue weighted by atomic mass is 10.1. The minimum Gasteiger partial charge on any atom is -0.465 e. The van der Waals surface area contributed by atoms with Gasteiger partial charge in [-0.05, 0) is 25.5 Å². The molecule has 106 valence electrons. The fraction of sp³-hybridized carbons (Fsp3) is 0.600. The number of hydrogen-bond acceptors (Lipinski definition) is 4. The zero-order chi connectivity index (χ0) is 14.1. The molecule has 0 radical (unpaired) electrons. The lowest BCUT2D eigenvalue weighted by Crippen LogP contribution is -2.25. The van der Waals surface area contributed by atoms with E-state index in [2.05, 4.69) is 28.9 Å². The predicted molar refractivity (Wildman–Crippen MR) is 76.0 cm³/mol. The molecule has 1 rings (SSSR count). The molecule has 0 aliphatic heterocycles. The number of unbranched alkanes of at least 4 members (excludes halogenated alkanes) is 2. The van der Waals surface area contributed by atoms with Crippen LogP contribution in [-0.4, -0.2) is 24.1 Å². The van der Waals surface area contributed by atoms with Gasteiger partial charge in [0.1, 0.15) is 0 Å². The first kappa shape index (κ1) is 15.6. The van der Waals surface area contributed by atoms with Crippen LogP contribution >= 0.6 is 0 Å². The average molecular weight is 264 g/mol. The molecule has 0 fully saturated rings. The summed E-state index contributed by atoms with van der Waals surface area (Å²) in [5, 5.41) is 3.44. The number of methoxy groups -OCH3 is 1. The van der Waals surface area contributed by atoms with Crippen molar-refractivity contribution in [2.24, 2.45) is 0 Å². The first-order chi connectivity index (χ1) is 9.17. The Labute approximate surface area is 115 Å². The molecular weight excluding hydrogens is 240 g/mol. The molecule has 1 aromatic rings. The van der Waals surface area contributed by atoms with Gasteiger partial charge in [0.25, 0.3) is 0 Å². The molecule has 1 N–H and O–H groups in total. The van der Waals surface area contributed by atoms with Gasteiger partial charge in [-0.25, -0.2) is 4.79 Å². The van der Waals surface area contributed by atoms with Crippen molar-refractivity contribution < 1.29 is 9.53 Å². The van der Waals surface area contributed by atoms with Crippen molar-refractivity contribution in [2.45, 2.75) is 52.1 Å². The molecule has 0 bridgehead atoms. The standard InChI is InChI=1S/C15H24N2O2/c1-4-5-6-7-12(2)16-11-14-9-8-13(10-17-14)15(18)19-3/h8-10,12,16H,4-7,11H2,1-3H3. The van der Waals surface area contributed by atoms with E-state index in [9.17, 15) is 4.79 Å². The number of aromatic nitrogens is 1. The number of pyridine rings is 1. The Kier molecular flexibility index (Phi) is 7.11. The van der Waals surface area contributed by atoms with Crippen LogP contribution < -0.4 is 5.32 Å². The number of hydrogen-bond donors (Lipinski definition) is 1. The van der Waals surface area contributed by atoms with Gasteiger partial charge >= 0.3 is 5.97 Å². The van der Waals surface area contributed by atoms with Gasteiger partial charge in [0.15, 0.2) is 0 Å². The van der Waals surface area contributed by atoms with Crippen molar-refractivity contribution in [1.29, 1.82) is 0 Å². The van der Waals surface area contributed by atoms with Crippen LogP contribution in [0.5, 0.6) is 0 Å². The molecular formula is C15H24N2O2. The third-order valence-corrected chi connectivity index (χ3v) is 3.12.